The summed E-state index contributed by atoms with van der Waals surface area (Å²) in [5.74, 6) is -0.642. The van der Waals surface area contributed by atoms with Crippen LogP contribution in [-0.4, -0.2) is 11.8 Å². The van der Waals surface area contributed by atoms with E-state index < -0.39 is 5.41 Å². The maximum atomic E-state index is 11.9. The SMILES string of the molecule is CC(=O)NC(=O)C(C)(C)c1ccccc1Br. The van der Waals surface area contributed by atoms with Gasteiger partial charge in [-0.1, -0.05) is 34.1 Å². The van der Waals surface area contributed by atoms with Crippen molar-refractivity contribution in [2.75, 3.05) is 0 Å². The van der Waals surface area contributed by atoms with Gasteiger partial charge >= 0.3 is 0 Å². The highest BCUT2D eigenvalue weighted by Crippen LogP contribution is 2.29. The number of benzene rings is 1. The Morgan fingerprint density at radius 1 is 1.25 bits per heavy atom. The molecule has 0 fully saturated rings. The molecule has 86 valence electrons. The van der Waals surface area contributed by atoms with Gasteiger partial charge in [-0.05, 0) is 25.5 Å². The van der Waals surface area contributed by atoms with Gasteiger partial charge in [0.1, 0.15) is 0 Å². The molecule has 1 aromatic rings. The van der Waals surface area contributed by atoms with Crippen molar-refractivity contribution < 1.29 is 9.59 Å². The van der Waals surface area contributed by atoms with Crippen molar-refractivity contribution in [3.8, 4) is 0 Å². The normalized spacial score (nSPS) is 11.0. The minimum atomic E-state index is -0.744. The molecular weight excluding hydrogens is 270 g/mol. The molecule has 0 aromatic heterocycles. The third kappa shape index (κ3) is 2.70. The first-order chi connectivity index (χ1) is 7.35. The molecule has 16 heavy (non-hydrogen) atoms. The third-order valence-corrected chi connectivity index (χ3v) is 3.10. The van der Waals surface area contributed by atoms with Gasteiger partial charge in [0.2, 0.25) is 11.8 Å². The quantitative estimate of drug-likeness (QED) is 0.906. The molecule has 4 heteroatoms. The molecule has 0 aliphatic carbocycles. The second kappa shape index (κ2) is 4.78. The Morgan fingerprint density at radius 2 is 1.81 bits per heavy atom. The summed E-state index contributed by atoms with van der Waals surface area (Å²) in [6.07, 6.45) is 0. The van der Waals surface area contributed by atoms with Crippen LogP contribution < -0.4 is 5.32 Å². The molecule has 1 N–H and O–H groups in total. The van der Waals surface area contributed by atoms with E-state index in [-0.39, 0.29) is 11.8 Å². The van der Waals surface area contributed by atoms with Gasteiger partial charge in [-0.15, -0.1) is 0 Å². The Hall–Kier alpha value is -1.16. The highest BCUT2D eigenvalue weighted by molar-refractivity contribution is 9.10. The van der Waals surface area contributed by atoms with Crippen LogP contribution in [0.3, 0.4) is 0 Å². The van der Waals surface area contributed by atoms with Gasteiger partial charge in [-0.2, -0.15) is 0 Å². The summed E-state index contributed by atoms with van der Waals surface area (Å²) >= 11 is 3.40. The summed E-state index contributed by atoms with van der Waals surface area (Å²) < 4.78 is 0.860. The maximum Gasteiger partial charge on any atom is 0.236 e. The van der Waals surface area contributed by atoms with Gasteiger partial charge in [-0.3, -0.25) is 14.9 Å². The summed E-state index contributed by atoms with van der Waals surface area (Å²) in [6, 6.07) is 7.48. The predicted molar refractivity (Wildman–Crippen MR) is 66.0 cm³/mol. The summed E-state index contributed by atoms with van der Waals surface area (Å²) in [4.78, 5) is 22.7. The minimum Gasteiger partial charge on any atom is -0.296 e. The fourth-order valence-electron chi connectivity index (χ4n) is 1.41. The van der Waals surface area contributed by atoms with Crippen molar-refractivity contribution in [2.24, 2.45) is 0 Å². The molecule has 3 nitrogen and oxygen atoms in total. The van der Waals surface area contributed by atoms with Crippen LogP contribution in [0.1, 0.15) is 26.3 Å². The summed E-state index contributed by atoms with van der Waals surface area (Å²) in [5, 5.41) is 2.31. The zero-order valence-electron chi connectivity index (χ0n) is 9.50. The Kier molecular flexibility index (Phi) is 3.86. The number of hydrogen-bond donors (Lipinski definition) is 1. The van der Waals surface area contributed by atoms with Crippen LogP contribution in [0.5, 0.6) is 0 Å². The Balaban J connectivity index is 3.06. The number of rotatable bonds is 2. The van der Waals surface area contributed by atoms with Crippen molar-refractivity contribution in [3.05, 3.63) is 34.3 Å². The number of imide groups is 1. The standard InChI is InChI=1S/C12H14BrNO2/c1-8(15)14-11(16)12(2,3)9-6-4-5-7-10(9)13/h4-7H,1-3H3,(H,14,15,16). The minimum absolute atomic E-state index is 0.299. The van der Waals surface area contributed by atoms with Crippen LogP contribution in [0.4, 0.5) is 0 Å². The van der Waals surface area contributed by atoms with E-state index in [9.17, 15) is 9.59 Å². The lowest BCUT2D eigenvalue weighted by molar-refractivity contribution is -0.132. The van der Waals surface area contributed by atoms with Crippen molar-refractivity contribution in [3.63, 3.8) is 0 Å². The lowest BCUT2D eigenvalue weighted by Gasteiger charge is -2.24. The predicted octanol–water partition coefficient (Wildman–Crippen LogP) is 2.39. The van der Waals surface area contributed by atoms with E-state index in [0.717, 1.165) is 10.0 Å². The van der Waals surface area contributed by atoms with E-state index in [0.29, 0.717) is 0 Å². The average molecular weight is 284 g/mol. The van der Waals surface area contributed by atoms with E-state index in [1.165, 1.54) is 6.92 Å². The molecule has 1 rings (SSSR count). The van der Waals surface area contributed by atoms with E-state index in [4.69, 9.17) is 0 Å². The smallest absolute Gasteiger partial charge is 0.236 e. The average Bonchev–Trinajstić information content (AvgIpc) is 2.16. The number of halogens is 1. The van der Waals surface area contributed by atoms with Crippen LogP contribution in [-0.2, 0) is 15.0 Å². The van der Waals surface area contributed by atoms with Crippen LogP contribution in [0, 0.1) is 0 Å². The fourth-order valence-corrected chi connectivity index (χ4v) is 2.19. The Morgan fingerprint density at radius 3 is 2.31 bits per heavy atom. The lowest BCUT2D eigenvalue weighted by Crippen LogP contribution is -2.42. The molecule has 0 aliphatic heterocycles. The zero-order chi connectivity index (χ0) is 12.3. The van der Waals surface area contributed by atoms with E-state index in [1.54, 1.807) is 13.8 Å². The molecule has 0 atom stereocenters. The van der Waals surface area contributed by atoms with Crippen LogP contribution in [0.2, 0.25) is 0 Å². The van der Waals surface area contributed by atoms with E-state index in [2.05, 4.69) is 21.2 Å². The van der Waals surface area contributed by atoms with E-state index in [1.807, 2.05) is 24.3 Å². The first-order valence-electron chi connectivity index (χ1n) is 4.92. The molecule has 0 aliphatic rings. The summed E-state index contributed by atoms with van der Waals surface area (Å²) in [5.41, 5.74) is 0.111. The van der Waals surface area contributed by atoms with Gasteiger partial charge in [0.15, 0.2) is 0 Å². The highest BCUT2D eigenvalue weighted by atomic mass is 79.9. The van der Waals surface area contributed by atoms with Crippen molar-refractivity contribution in [1.29, 1.82) is 0 Å². The molecule has 0 saturated heterocycles. The molecule has 0 spiro atoms. The number of amides is 2. The molecule has 0 radical (unpaired) electrons. The Labute approximate surface area is 103 Å². The van der Waals surface area contributed by atoms with Crippen molar-refractivity contribution in [1.82, 2.24) is 5.32 Å². The molecule has 2 amide bonds. The monoisotopic (exact) mass is 283 g/mol. The van der Waals surface area contributed by atoms with Gasteiger partial charge in [-0.25, -0.2) is 0 Å². The third-order valence-electron chi connectivity index (χ3n) is 2.40. The highest BCUT2D eigenvalue weighted by Gasteiger charge is 2.31. The van der Waals surface area contributed by atoms with Crippen molar-refractivity contribution >= 4 is 27.7 Å². The van der Waals surface area contributed by atoms with Gasteiger partial charge in [0.25, 0.3) is 0 Å². The molecule has 0 bridgehead atoms. The van der Waals surface area contributed by atoms with Gasteiger partial charge < -0.3 is 0 Å². The molecule has 0 saturated carbocycles. The van der Waals surface area contributed by atoms with Gasteiger partial charge in [0, 0.05) is 11.4 Å². The molecule has 0 unspecified atom stereocenters. The number of nitrogens with one attached hydrogen (secondary N) is 1. The largest absolute Gasteiger partial charge is 0.296 e. The summed E-state index contributed by atoms with van der Waals surface area (Å²) in [7, 11) is 0. The lowest BCUT2D eigenvalue weighted by atomic mass is 9.84. The van der Waals surface area contributed by atoms with Crippen LogP contribution >= 0.6 is 15.9 Å². The van der Waals surface area contributed by atoms with E-state index >= 15 is 0 Å². The summed E-state index contributed by atoms with van der Waals surface area (Å²) in [6.45, 7) is 4.89. The maximum absolute atomic E-state index is 11.9. The topological polar surface area (TPSA) is 46.2 Å². The second-order valence-electron chi connectivity index (χ2n) is 4.12. The first-order valence-corrected chi connectivity index (χ1v) is 5.72. The first kappa shape index (κ1) is 12.9. The number of hydrogen-bond acceptors (Lipinski definition) is 2. The molecule has 0 heterocycles. The fraction of sp³-hybridized carbons (Fsp3) is 0.333. The van der Waals surface area contributed by atoms with Crippen molar-refractivity contribution in [2.45, 2.75) is 26.2 Å². The molecule has 1 aromatic carbocycles. The number of carbonyl (C=O) groups is 2. The second-order valence-corrected chi connectivity index (χ2v) is 4.97. The Bertz CT molecular complexity index is 427. The number of carbonyl (C=O) groups excluding carboxylic acids is 2. The van der Waals surface area contributed by atoms with Crippen LogP contribution in [0.25, 0.3) is 0 Å². The molecular formula is C12H14BrNO2. The van der Waals surface area contributed by atoms with Gasteiger partial charge in [0.05, 0.1) is 5.41 Å². The zero-order valence-corrected chi connectivity index (χ0v) is 11.1. The van der Waals surface area contributed by atoms with Crippen LogP contribution in [0.15, 0.2) is 28.7 Å².